The number of hydrogen-bond acceptors (Lipinski definition) is 2. The normalized spacial score (nSPS) is 10.1. The Morgan fingerprint density at radius 3 is 2.93 bits per heavy atom. The lowest BCUT2D eigenvalue weighted by Crippen LogP contribution is -2.14. The van der Waals surface area contributed by atoms with Crippen molar-refractivity contribution in [2.24, 2.45) is 0 Å². The highest BCUT2D eigenvalue weighted by Gasteiger charge is 2.03. The molecule has 0 aliphatic heterocycles. The largest absolute Gasteiger partial charge is 0.488 e. The Labute approximate surface area is 93.7 Å². The third kappa shape index (κ3) is 3.90. The number of ether oxygens (including phenoxy) is 1. The van der Waals surface area contributed by atoms with Crippen LogP contribution in [-0.2, 0) is 0 Å². The van der Waals surface area contributed by atoms with Gasteiger partial charge in [0.2, 0.25) is 0 Å². The van der Waals surface area contributed by atoms with E-state index in [0.29, 0.717) is 18.9 Å². The van der Waals surface area contributed by atoms with Crippen LogP contribution in [0.5, 0.6) is 5.75 Å². The highest BCUT2D eigenvalue weighted by molar-refractivity contribution is 6.32. The molecule has 1 aromatic carbocycles. The summed E-state index contributed by atoms with van der Waals surface area (Å²) >= 11 is 5.78. The maximum atomic E-state index is 12.7. The Kier molecular flexibility index (Phi) is 4.59. The molecule has 0 atom stereocenters. The second-order valence-corrected chi connectivity index (χ2v) is 3.55. The zero-order valence-electron chi connectivity index (χ0n) is 8.52. The summed E-state index contributed by atoms with van der Waals surface area (Å²) in [5.74, 6) is 0.0942. The Balaban J connectivity index is 2.54. The average Bonchev–Trinajstić information content (AvgIpc) is 2.17. The summed E-state index contributed by atoms with van der Waals surface area (Å²) in [6.07, 6.45) is 0. The van der Waals surface area contributed by atoms with Gasteiger partial charge in [0.15, 0.2) is 0 Å². The number of halogens is 2. The van der Waals surface area contributed by atoms with Crippen LogP contribution < -0.4 is 10.1 Å². The van der Waals surface area contributed by atoms with Gasteiger partial charge >= 0.3 is 0 Å². The SMILES string of the molecule is C=C(CNC)COc1ccc(F)cc1Cl. The van der Waals surface area contributed by atoms with Crippen LogP contribution in [0.15, 0.2) is 30.4 Å². The monoisotopic (exact) mass is 229 g/mol. The summed E-state index contributed by atoms with van der Waals surface area (Å²) in [5, 5.41) is 3.23. The summed E-state index contributed by atoms with van der Waals surface area (Å²) in [7, 11) is 1.83. The van der Waals surface area contributed by atoms with Crippen LogP contribution in [0.25, 0.3) is 0 Å². The van der Waals surface area contributed by atoms with Gasteiger partial charge in [0.05, 0.1) is 5.02 Å². The van der Waals surface area contributed by atoms with Gasteiger partial charge in [-0.15, -0.1) is 0 Å². The van der Waals surface area contributed by atoms with E-state index < -0.39 is 0 Å². The molecule has 15 heavy (non-hydrogen) atoms. The molecule has 0 radical (unpaired) electrons. The first-order valence-corrected chi connectivity index (χ1v) is 4.90. The van der Waals surface area contributed by atoms with Crippen molar-refractivity contribution in [3.8, 4) is 5.75 Å². The zero-order valence-corrected chi connectivity index (χ0v) is 9.27. The Morgan fingerprint density at radius 2 is 2.33 bits per heavy atom. The molecule has 4 heteroatoms. The second kappa shape index (κ2) is 5.73. The maximum Gasteiger partial charge on any atom is 0.138 e. The maximum absolute atomic E-state index is 12.7. The fourth-order valence-electron chi connectivity index (χ4n) is 1.07. The second-order valence-electron chi connectivity index (χ2n) is 3.14. The number of likely N-dealkylation sites (N-methyl/N-ethyl adjacent to an activating group) is 1. The molecule has 1 aromatic rings. The molecule has 0 amide bonds. The lowest BCUT2D eigenvalue weighted by Gasteiger charge is -2.09. The minimum Gasteiger partial charge on any atom is -0.488 e. The van der Waals surface area contributed by atoms with Crippen molar-refractivity contribution in [3.63, 3.8) is 0 Å². The van der Waals surface area contributed by atoms with Crippen molar-refractivity contribution in [1.29, 1.82) is 0 Å². The predicted molar refractivity (Wildman–Crippen MR) is 60.0 cm³/mol. The van der Waals surface area contributed by atoms with E-state index in [4.69, 9.17) is 16.3 Å². The molecule has 1 rings (SSSR count). The first kappa shape index (κ1) is 12.0. The van der Waals surface area contributed by atoms with Crippen LogP contribution >= 0.6 is 11.6 Å². The molecule has 0 saturated carbocycles. The summed E-state index contributed by atoms with van der Waals surface area (Å²) < 4.78 is 18.1. The quantitative estimate of drug-likeness (QED) is 0.784. The van der Waals surface area contributed by atoms with Gasteiger partial charge < -0.3 is 10.1 Å². The Bertz CT molecular complexity index is 354. The van der Waals surface area contributed by atoms with E-state index in [-0.39, 0.29) is 10.8 Å². The molecule has 0 spiro atoms. The molecule has 0 aliphatic rings. The zero-order chi connectivity index (χ0) is 11.3. The van der Waals surface area contributed by atoms with E-state index in [0.717, 1.165) is 5.57 Å². The highest BCUT2D eigenvalue weighted by Crippen LogP contribution is 2.24. The van der Waals surface area contributed by atoms with Gasteiger partial charge in [-0.2, -0.15) is 0 Å². The minimum absolute atomic E-state index is 0.271. The highest BCUT2D eigenvalue weighted by atomic mass is 35.5. The first-order valence-electron chi connectivity index (χ1n) is 4.52. The smallest absolute Gasteiger partial charge is 0.138 e. The van der Waals surface area contributed by atoms with Crippen LogP contribution in [0.1, 0.15) is 0 Å². The van der Waals surface area contributed by atoms with E-state index in [1.165, 1.54) is 18.2 Å². The van der Waals surface area contributed by atoms with Crippen LogP contribution in [0.4, 0.5) is 4.39 Å². The van der Waals surface area contributed by atoms with Crippen molar-refractivity contribution in [2.45, 2.75) is 0 Å². The van der Waals surface area contributed by atoms with Gasteiger partial charge in [0.25, 0.3) is 0 Å². The summed E-state index contributed by atoms with van der Waals surface area (Å²) in [6, 6.07) is 4.03. The number of rotatable bonds is 5. The molecule has 0 unspecified atom stereocenters. The van der Waals surface area contributed by atoms with Gasteiger partial charge in [0.1, 0.15) is 18.2 Å². The number of hydrogen-bond donors (Lipinski definition) is 1. The molecule has 0 saturated heterocycles. The van der Waals surface area contributed by atoms with Crippen molar-refractivity contribution in [2.75, 3.05) is 20.2 Å². The van der Waals surface area contributed by atoms with Gasteiger partial charge in [-0.05, 0) is 30.8 Å². The first-order chi connectivity index (χ1) is 7.13. The van der Waals surface area contributed by atoms with E-state index in [1.54, 1.807) is 0 Å². The van der Waals surface area contributed by atoms with Crippen LogP contribution in [-0.4, -0.2) is 20.2 Å². The molecular formula is C11H13ClFNO. The number of nitrogens with one attached hydrogen (secondary N) is 1. The predicted octanol–water partition coefficient (Wildman–Crippen LogP) is 2.63. The molecule has 0 heterocycles. The van der Waals surface area contributed by atoms with Gasteiger partial charge in [-0.1, -0.05) is 18.2 Å². The summed E-state index contributed by atoms with van der Waals surface area (Å²) in [5.41, 5.74) is 0.901. The van der Waals surface area contributed by atoms with E-state index >= 15 is 0 Å². The molecular weight excluding hydrogens is 217 g/mol. The number of benzene rings is 1. The molecule has 0 aliphatic carbocycles. The van der Waals surface area contributed by atoms with E-state index in [9.17, 15) is 4.39 Å². The molecule has 0 fully saturated rings. The fourth-order valence-corrected chi connectivity index (χ4v) is 1.29. The standard InChI is InChI=1S/C11H13ClFNO/c1-8(6-14-2)7-15-11-4-3-9(13)5-10(11)12/h3-5,14H,1,6-7H2,2H3. The van der Waals surface area contributed by atoms with E-state index in [1.807, 2.05) is 7.05 Å². The Morgan fingerprint density at radius 1 is 1.60 bits per heavy atom. The third-order valence-corrected chi connectivity index (χ3v) is 2.05. The van der Waals surface area contributed by atoms with Crippen LogP contribution in [0.2, 0.25) is 5.02 Å². The van der Waals surface area contributed by atoms with Gasteiger partial charge in [0, 0.05) is 6.54 Å². The van der Waals surface area contributed by atoms with Gasteiger partial charge in [-0.25, -0.2) is 4.39 Å². The van der Waals surface area contributed by atoms with Crippen LogP contribution in [0, 0.1) is 5.82 Å². The molecule has 1 N–H and O–H groups in total. The molecule has 82 valence electrons. The molecule has 0 bridgehead atoms. The van der Waals surface area contributed by atoms with Crippen molar-refractivity contribution in [3.05, 3.63) is 41.2 Å². The molecule has 2 nitrogen and oxygen atoms in total. The van der Waals surface area contributed by atoms with Crippen molar-refractivity contribution >= 4 is 11.6 Å². The van der Waals surface area contributed by atoms with Crippen molar-refractivity contribution < 1.29 is 9.13 Å². The Hall–Kier alpha value is -1.06. The lowest BCUT2D eigenvalue weighted by atomic mass is 10.3. The van der Waals surface area contributed by atoms with Crippen molar-refractivity contribution in [1.82, 2.24) is 5.32 Å². The topological polar surface area (TPSA) is 21.3 Å². The fraction of sp³-hybridized carbons (Fsp3) is 0.273. The van der Waals surface area contributed by atoms with E-state index in [2.05, 4.69) is 11.9 Å². The van der Waals surface area contributed by atoms with Crippen LogP contribution in [0.3, 0.4) is 0 Å². The van der Waals surface area contributed by atoms with Gasteiger partial charge in [-0.3, -0.25) is 0 Å². The summed E-state index contributed by atoms with van der Waals surface area (Å²) in [4.78, 5) is 0. The average molecular weight is 230 g/mol. The lowest BCUT2D eigenvalue weighted by molar-refractivity contribution is 0.348. The minimum atomic E-state index is -0.374. The molecule has 0 aromatic heterocycles. The summed E-state index contributed by atoms with van der Waals surface area (Å²) in [6.45, 7) is 4.85. The third-order valence-electron chi connectivity index (χ3n) is 1.75.